The molecule has 0 aliphatic carbocycles. The summed E-state index contributed by atoms with van der Waals surface area (Å²) < 4.78 is 10.7. The number of pyridine rings is 1. The van der Waals surface area contributed by atoms with Crippen LogP contribution in [0.25, 0.3) is 0 Å². The van der Waals surface area contributed by atoms with Crippen molar-refractivity contribution in [3.63, 3.8) is 0 Å². The largest absolute Gasteiger partial charge is 0.423 e. The molecule has 1 saturated heterocycles. The second-order valence-corrected chi connectivity index (χ2v) is 6.38. The van der Waals surface area contributed by atoms with Gasteiger partial charge in [-0.1, -0.05) is 12.1 Å². The van der Waals surface area contributed by atoms with Crippen molar-refractivity contribution in [1.29, 1.82) is 0 Å². The van der Waals surface area contributed by atoms with Gasteiger partial charge in [0.1, 0.15) is 17.2 Å². The van der Waals surface area contributed by atoms with Crippen molar-refractivity contribution in [1.82, 2.24) is 9.88 Å². The number of esters is 1. The summed E-state index contributed by atoms with van der Waals surface area (Å²) in [4.78, 5) is 29.6. The molecule has 0 unspecified atom stereocenters. The highest BCUT2D eigenvalue weighted by atomic mass is 16.5. The third-order valence-corrected chi connectivity index (χ3v) is 4.17. The smallest absolute Gasteiger partial charge is 0.325 e. The summed E-state index contributed by atoms with van der Waals surface area (Å²) in [6.45, 7) is 2.57. The van der Waals surface area contributed by atoms with Gasteiger partial charge in [-0.15, -0.1) is 10.2 Å². The Labute approximate surface area is 173 Å². The van der Waals surface area contributed by atoms with Gasteiger partial charge in [-0.05, 0) is 24.3 Å². The number of nitrogens with zero attached hydrogens (tertiary/aromatic N) is 4. The molecule has 5 N–H and O–H groups in total. The van der Waals surface area contributed by atoms with E-state index >= 15 is 0 Å². The molecule has 0 spiro atoms. The van der Waals surface area contributed by atoms with Crippen molar-refractivity contribution in [2.45, 2.75) is 0 Å². The van der Waals surface area contributed by atoms with Crippen molar-refractivity contribution in [2.75, 3.05) is 50.4 Å². The second-order valence-electron chi connectivity index (χ2n) is 6.38. The lowest BCUT2D eigenvalue weighted by Gasteiger charge is -2.25. The van der Waals surface area contributed by atoms with E-state index in [2.05, 4.69) is 20.5 Å². The van der Waals surface area contributed by atoms with E-state index in [1.54, 1.807) is 30.3 Å². The van der Waals surface area contributed by atoms with Gasteiger partial charge in [0.25, 0.3) is 0 Å². The Balaban J connectivity index is 1.67. The zero-order valence-electron chi connectivity index (χ0n) is 16.3. The maximum absolute atomic E-state index is 12.3. The molecule has 3 rings (SSSR count). The number of ether oxygens (including phenoxy) is 2. The summed E-state index contributed by atoms with van der Waals surface area (Å²) in [6, 6.07) is 9.89. The van der Waals surface area contributed by atoms with Crippen LogP contribution < -0.4 is 21.5 Å². The van der Waals surface area contributed by atoms with E-state index < -0.39 is 0 Å². The van der Waals surface area contributed by atoms with Crippen LogP contribution >= 0.6 is 0 Å². The van der Waals surface area contributed by atoms with Crippen LogP contribution in [0.3, 0.4) is 0 Å². The Hall–Kier alpha value is -3.41. The SMILES string of the molecule is NCC(=O)Nc1ccc(N=Nc2ccccc2OC(=O)CN2CCOCC2)c(N)n1. The number of benzene rings is 1. The monoisotopic (exact) mass is 413 g/mol. The first-order chi connectivity index (χ1) is 14.5. The lowest BCUT2D eigenvalue weighted by molar-refractivity contribution is -0.136. The maximum Gasteiger partial charge on any atom is 0.325 e. The number of morpholine rings is 1. The van der Waals surface area contributed by atoms with E-state index in [-0.39, 0.29) is 42.4 Å². The van der Waals surface area contributed by atoms with E-state index in [9.17, 15) is 9.59 Å². The lowest BCUT2D eigenvalue weighted by Crippen LogP contribution is -2.40. The molecule has 1 fully saturated rings. The molecule has 0 bridgehead atoms. The fraction of sp³-hybridized carbons (Fsp3) is 0.316. The van der Waals surface area contributed by atoms with Crippen LogP contribution in [0.4, 0.5) is 23.0 Å². The van der Waals surface area contributed by atoms with Gasteiger partial charge >= 0.3 is 5.97 Å². The molecular weight excluding hydrogens is 390 g/mol. The van der Waals surface area contributed by atoms with Gasteiger partial charge in [0.05, 0.1) is 26.3 Å². The highest BCUT2D eigenvalue weighted by molar-refractivity contribution is 5.91. The molecule has 0 saturated carbocycles. The summed E-state index contributed by atoms with van der Waals surface area (Å²) in [5, 5.41) is 10.7. The molecule has 11 nitrogen and oxygen atoms in total. The minimum Gasteiger partial charge on any atom is -0.423 e. The fourth-order valence-corrected chi connectivity index (χ4v) is 2.65. The first-order valence-electron chi connectivity index (χ1n) is 9.33. The number of carbonyl (C=O) groups is 2. The Bertz CT molecular complexity index is 929. The molecule has 158 valence electrons. The van der Waals surface area contributed by atoms with Crippen molar-refractivity contribution >= 4 is 34.9 Å². The normalized spacial score (nSPS) is 14.6. The zero-order valence-corrected chi connectivity index (χ0v) is 16.3. The molecular formula is C19H23N7O4. The second kappa shape index (κ2) is 10.4. The van der Waals surface area contributed by atoms with Crippen LogP contribution in [0.2, 0.25) is 0 Å². The van der Waals surface area contributed by atoms with E-state index in [1.165, 1.54) is 6.07 Å². The summed E-state index contributed by atoms with van der Waals surface area (Å²) in [5.41, 5.74) is 11.8. The zero-order chi connectivity index (χ0) is 21.3. The average molecular weight is 413 g/mol. The third-order valence-electron chi connectivity index (χ3n) is 4.17. The van der Waals surface area contributed by atoms with Crippen molar-refractivity contribution in [3.05, 3.63) is 36.4 Å². The Kier molecular flexibility index (Phi) is 7.38. The number of nitrogens with one attached hydrogen (secondary N) is 1. The quantitative estimate of drug-likeness (QED) is 0.347. The summed E-state index contributed by atoms with van der Waals surface area (Å²) in [5.74, 6) is -0.141. The average Bonchev–Trinajstić information content (AvgIpc) is 2.74. The van der Waals surface area contributed by atoms with Gasteiger partial charge in [-0.3, -0.25) is 14.5 Å². The van der Waals surface area contributed by atoms with Gasteiger partial charge in [0.15, 0.2) is 11.6 Å². The number of nitrogens with two attached hydrogens (primary N) is 2. The van der Waals surface area contributed by atoms with Crippen LogP contribution in [-0.2, 0) is 14.3 Å². The number of azo groups is 1. The van der Waals surface area contributed by atoms with Crippen molar-refractivity contribution in [3.8, 4) is 5.75 Å². The number of nitrogen functional groups attached to an aromatic ring is 1. The van der Waals surface area contributed by atoms with Gasteiger partial charge in [-0.2, -0.15) is 0 Å². The van der Waals surface area contributed by atoms with Crippen LogP contribution in [0.15, 0.2) is 46.6 Å². The van der Waals surface area contributed by atoms with E-state index in [0.29, 0.717) is 37.7 Å². The Morgan fingerprint density at radius 1 is 1.13 bits per heavy atom. The number of amides is 1. The molecule has 2 heterocycles. The number of aromatic nitrogens is 1. The number of hydrogen-bond acceptors (Lipinski definition) is 10. The predicted molar refractivity (Wildman–Crippen MR) is 110 cm³/mol. The van der Waals surface area contributed by atoms with Gasteiger partial charge in [0.2, 0.25) is 5.91 Å². The summed E-state index contributed by atoms with van der Waals surface area (Å²) in [6.07, 6.45) is 0. The number of para-hydroxylation sites is 1. The first-order valence-corrected chi connectivity index (χ1v) is 9.33. The number of carbonyl (C=O) groups excluding carboxylic acids is 2. The molecule has 11 heteroatoms. The molecule has 0 atom stereocenters. The Morgan fingerprint density at radius 3 is 2.60 bits per heavy atom. The minimum absolute atomic E-state index is 0.0790. The van der Waals surface area contributed by atoms with Crippen LogP contribution in [0, 0.1) is 0 Å². The highest BCUT2D eigenvalue weighted by Gasteiger charge is 2.16. The summed E-state index contributed by atoms with van der Waals surface area (Å²) in [7, 11) is 0. The highest BCUT2D eigenvalue weighted by Crippen LogP contribution is 2.30. The molecule has 1 aliphatic heterocycles. The van der Waals surface area contributed by atoms with Gasteiger partial charge in [-0.25, -0.2) is 4.98 Å². The van der Waals surface area contributed by atoms with Crippen LogP contribution in [0.5, 0.6) is 5.75 Å². The minimum atomic E-state index is -0.388. The number of hydrogen-bond donors (Lipinski definition) is 3. The standard InChI is InChI=1S/C19H23N7O4/c20-11-17(27)22-16-6-5-14(19(21)23-16)25-24-13-3-1-2-4-15(13)30-18(28)12-26-7-9-29-10-8-26/h1-6H,7-12,20H2,(H3,21,22,23,27). The first kappa shape index (κ1) is 21.3. The number of rotatable bonds is 7. The molecule has 1 aromatic carbocycles. The Morgan fingerprint density at radius 2 is 1.87 bits per heavy atom. The van der Waals surface area contributed by atoms with E-state index in [4.69, 9.17) is 20.9 Å². The molecule has 30 heavy (non-hydrogen) atoms. The molecule has 0 radical (unpaired) electrons. The molecule has 1 amide bonds. The molecule has 1 aromatic heterocycles. The van der Waals surface area contributed by atoms with Gasteiger partial charge in [0, 0.05) is 13.1 Å². The lowest BCUT2D eigenvalue weighted by atomic mass is 10.3. The van der Waals surface area contributed by atoms with E-state index in [1.807, 2.05) is 4.90 Å². The van der Waals surface area contributed by atoms with Crippen LogP contribution in [-0.4, -0.2) is 61.2 Å². The molecule has 2 aromatic rings. The third kappa shape index (κ3) is 6.04. The van der Waals surface area contributed by atoms with Crippen molar-refractivity contribution in [2.24, 2.45) is 16.0 Å². The molecule has 1 aliphatic rings. The van der Waals surface area contributed by atoms with Crippen molar-refractivity contribution < 1.29 is 19.1 Å². The number of anilines is 2. The fourth-order valence-electron chi connectivity index (χ4n) is 2.65. The predicted octanol–water partition coefficient (Wildman–Crippen LogP) is 1.21. The van der Waals surface area contributed by atoms with Crippen LogP contribution in [0.1, 0.15) is 0 Å². The topological polar surface area (TPSA) is 158 Å². The summed E-state index contributed by atoms with van der Waals surface area (Å²) >= 11 is 0. The maximum atomic E-state index is 12.3. The van der Waals surface area contributed by atoms with E-state index in [0.717, 1.165) is 0 Å². The van der Waals surface area contributed by atoms with Gasteiger partial charge < -0.3 is 26.3 Å².